The van der Waals surface area contributed by atoms with E-state index in [1.807, 2.05) is 0 Å². The first-order chi connectivity index (χ1) is 26.9. The van der Waals surface area contributed by atoms with E-state index in [1.165, 1.54) is 122 Å². The Kier molecular flexibility index (Phi) is 31.8. The summed E-state index contributed by atoms with van der Waals surface area (Å²) in [5.41, 5.74) is 0. The van der Waals surface area contributed by atoms with E-state index >= 15 is 0 Å². The molecule has 1 saturated carbocycles. The molecule has 56 heavy (non-hydrogen) atoms. The molecule has 0 aromatic heterocycles. The van der Waals surface area contributed by atoms with Crippen LogP contribution < -0.4 is 0 Å². The molecular formula is C42H81O13P. The first-order valence-corrected chi connectivity index (χ1v) is 23.8. The number of unbranched alkanes of at least 4 members (excludes halogenated alkanes) is 25. The van der Waals surface area contributed by atoms with Crippen molar-refractivity contribution >= 4 is 19.8 Å². The highest BCUT2D eigenvalue weighted by molar-refractivity contribution is 7.47. The molecule has 14 heteroatoms. The average Bonchev–Trinajstić information content (AvgIpc) is 3.18. The molecule has 332 valence electrons. The number of hydrogen-bond donors (Lipinski definition) is 6. The van der Waals surface area contributed by atoms with Crippen LogP contribution in [0, 0.1) is 0 Å². The van der Waals surface area contributed by atoms with E-state index in [1.54, 1.807) is 0 Å². The van der Waals surface area contributed by atoms with Gasteiger partial charge in [-0.1, -0.05) is 174 Å². The van der Waals surface area contributed by atoms with Gasteiger partial charge < -0.3 is 39.9 Å². The van der Waals surface area contributed by atoms with Crippen LogP contribution in [0.25, 0.3) is 0 Å². The molecule has 0 spiro atoms. The van der Waals surface area contributed by atoms with E-state index in [9.17, 15) is 44.6 Å². The summed E-state index contributed by atoms with van der Waals surface area (Å²) in [5.74, 6) is -1.09. The maximum atomic E-state index is 12.8. The number of aliphatic hydroxyl groups excluding tert-OH is 5. The average molecular weight is 825 g/mol. The molecule has 0 radical (unpaired) electrons. The van der Waals surface area contributed by atoms with E-state index < -0.39 is 75.7 Å². The number of esters is 2. The van der Waals surface area contributed by atoms with Gasteiger partial charge in [0, 0.05) is 12.8 Å². The third-order valence-electron chi connectivity index (χ3n) is 10.7. The topological polar surface area (TPSA) is 210 Å². The van der Waals surface area contributed by atoms with Gasteiger partial charge in [0.1, 0.15) is 43.2 Å². The van der Waals surface area contributed by atoms with Crippen LogP contribution in [-0.4, -0.2) is 98.3 Å². The Balaban J connectivity index is 2.47. The van der Waals surface area contributed by atoms with Crippen LogP contribution in [0.3, 0.4) is 0 Å². The van der Waals surface area contributed by atoms with E-state index in [4.69, 9.17) is 18.5 Å². The third-order valence-corrected chi connectivity index (χ3v) is 11.7. The number of carbonyl (C=O) groups excluding carboxylic acids is 2. The summed E-state index contributed by atoms with van der Waals surface area (Å²) >= 11 is 0. The number of phosphoric ester groups is 1. The standard InChI is InChI=1S/C42H81O13P/c1-3-5-7-9-11-13-15-17-19-21-23-25-27-29-31-36(44)54-34(33-53-56(50,51)55-42-40(48)38(46)37(45)39(47)41(42)49)32-52-35(43)30-28-26-24-22-20-18-16-14-12-10-8-6-4-2/h34,37-42,45-49H,3-33H2,1-2H3,(H,50,51). The van der Waals surface area contributed by atoms with Crippen molar-refractivity contribution in [1.29, 1.82) is 0 Å². The summed E-state index contributed by atoms with van der Waals surface area (Å²) in [6.45, 7) is 3.30. The Hall–Kier alpha value is -1.15. The Morgan fingerprint density at radius 2 is 0.804 bits per heavy atom. The van der Waals surface area contributed by atoms with Gasteiger partial charge in [-0.2, -0.15) is 0 Å². The third kappa shape index (κ3) is 26.1. The van der Waals surface area contributed by atoms with E-state index in [0.717, 1.165) is 38.5 Å². The van der Waals surface area contributed by atoms with Crippen molar-refractivity contribution in [2.75, 3.05) is 13.2 Å². The molecule has 0 saturated heterocycles. The first kappa shape index (κ1) is 52.9. The quantitative estimate of drug-likeness (QED) is 0.0199. The van der Waals surface area contributed by atoms with E-state index in [0.29, 0.717) is 12.8 Å². The molecule has 6 atom stereocenters. The Morgan fingerprint density at radius 3 is 1.18 bits per heavy atom. The molecule has 1 aliphatic rings. The molecule has 1 rings (SSSR count). The molecule has 6 unspecified atom stereocenters. The summed E-state index contributed by atoms with van der Waals surface area (Å²) < 4.78 is 33.5. The number of phosphoric acid groups is 1. The van der Waals surface area contributed by atoms with E-state index in [-0.39, 0.29) is 12.8 Å². The van der Waals surface area contributed by atoms with Gasteiger partial charge in [0.05, 0.1) is 6.61 Å². The first-order valence-electron chi connectivity index (χ1n) is 22.3. The molecule has 6 N–H and O–H groups in total. The second kappa shape index (κ2) is 33.7. The number of aliphatic hydroxyl groups is 5. The zero-order chi connectivity index (χ0) is 41.4. The SMILES string of the molecule is CCCCCCCCCCCCCCCCC(=O)OC(COC(=O)CCCCCCCCCCCCCCC)COP(=O)(O)OC1C(O)C(O)C(O)C(O)C1O. The number of hydrogen-bond acceptors (Lipinski definition) is 12. The highest BCUT2D eigenvalue weighted by atomic mass is 31.2. The number of ether oxygens (including phenoxy) is 2. The fourth-order valence-corrected chi connectivity index (χ4v) is 8.03. The van der Waals surface area contributed by atoms with Crippen LogP contribution in [-0.2, 0) is 32.7 Å². The fraction of sp³-hybridized carbons (Fsp3) is 0.952. The Labute approximate surface area is 338 Å². The van der Waals surface area contributed by atoms with Gasteiger partial charge in [0.15, 0.2) is 6.10 Å². The van der Waals surface area contributed by atoms with Crippen molar-refractivity contribution in [2.24, 2.45) is 0 Å². The van der Waals surface area contributed by atoms with Crippen molar-refractivity contribution in [1.82, 2.24) is 0 Å². The fourth-order valence-electron chi connectivity index (χ4n) is 7.05. The summed E-state index contributed by atoms with van der Waals surface area (Å²) in [6, 6.07) is 0. The maximum Gasteiger partial charge on any atom is 0.472 e. The van der Waals surface area contributed by atoms with Crippen molar-refractivity contribution in [3.05, 3.63) is 0 Å². The monoisotopic (exact) mass is 825 g/mol. The van der Waals surface area contributed by atoms with Crippen molar-refractivity contribution < 1.29 is 63.1 Å². The van der Waals surface area contributed by atoms with Gasteiger partial charge >= 0.3 is 19.8 Å². The summed E-state index contributed by atoms with van der Waals surface area (Å²) in [5, 5.41) is 50.1. The molecule has 0 aliphatic heterocycles. The summed E-state index contributed by atoms with van der Waals surface area (Å²) in [4.78, 5) is 35.6. The van der Waals surface area contributed by atoms with Crippen LogP contribution in [0.4, 0.5) is 0 Å². The van der Waals surface area contributed by atoms with Crippen LogP contribution in [0.2, 0.25) is 0 Å². The summed E-state index contributed by atoms with van der Waals surface area (Å²) in [6.07, 6.45) is 18.7. The predicted molar refractivity (Wildman–Crippen MR) is 217 cm³/mol. The lowest BCUT2D eigenvalue weighted by atomic mass is 9.85. The molecule has 0 bridgehead atoms. The summed E-state index contributed by atoms with van der Waals surface area (Å²) in [7, 11) is -5.11. The zero-order valence-electron chi connectivity index (χ0n) is 34.9. The molecule has 0 heterocycles. The second-order valence-electron chi connectivity index (χ2n) is 15.9. The van der Waals surface area contributed by atoms with Crippen LogP contribution in [0.5, 0.6) is 0 Å². The largest absolute Gasteiger partial charge is 0.472 e. The highest BCUT2D eigenvalue weighted by Crippen LogP contribution is 2.47. The smallest absolute Gasteiger partial charge is 0.462 e. The van der Waals surface area contributed by atoms with Gasteiger partial charge in [0.2, 0.25) is 0 Å². The van der Waals surface area contributed by atoms with Crippen molar-refractivity contribution in [2.45, 2.75) is 243 Å². The molecular weight excluding hydrogens is 743 g/mol. The Morgan fingerprint density at radius 1 is 0.482 bits per heavy atom. The van der Waals surface area contributed by atoms with Crippen molar-refractivity contribution in [3.63, 3.8) is 0 Å². The lowest BCUT2D eigenvalue weighted by molar-refractivity contribution is -0.220. The molecule has 1 aliphatic carbocycles. The minimum Gasteiger partial charge on any atom is -0.462 e. The molecule has 0 aromatic carbocycles. The molecule has 0 aromatic rings. The van der Waals surface area contributed by atoms with Crippen LogP contribution in [0.1, 0.15) is 200 Å². The minimum absolute atomic E-state index is 0.104. The van der Waals surface area contributed by atoms with E-state index in [2.05, 4.69) is 13.8 Å². The normalized spacial score (nSPS) is 22.8. The highest BCUT2D eigenvalue weighted by Gasteiger charge is 2.51. The Bertz CT molecular complexity index is 1000. The molecule has 0 amide bonds. The van der Waals surface area contributed by atoms with Gasteiger partial charge in [-0.25, -0.2) is 4.57 Å². The van der Waals surface area contributed by atoms with Gasteiger partial charge in [-0.05, 0) is 12.8 Å². The number of rotatable bonds is 37. The maximum absolute atomic E-state index is 12.8. The molecule has 1 fully saturated rings. The van der Waals surface area contributed by atoms with Crippen molar-refractivity contribution in [3.8, 4) is 0 Å². The second-order valence-corrected chi connectivity index (χ2v) is 17.3. The minimum atomic E-state index is -5.11. The lowest BCUT2D eigenvalue weighted by Crippen LogP contribution is -2.64. The van der Waals surface area contributed by atoms with Gasteiger partial charge in [-0.3, -0.25) is 18.6 Å². The van der Waals surface area contributed by atoms with Crippen LogP contribution in [0.15, 0.2) is 0 Å². The predicted octanol–water partition coefficient (Wildman–Crippen LogP) is 8.11. The van der Waals surface area contributed by atoms with Crippen LogP contribution >= 0.6 is 7.82 Å². The van der Waals surface area contributed by atoms with Gasteiger partial charge in [-0.15, -0.1) is 0 Å². The molecule has 13 nitrogen and oxygen atoms in total. The zero-order valence-corrected chi connectivity index (χ0v) is 35.8. The van der Waals surface area contributed by atoms with Gasteiger partial charge in [0.25, 0.3) is 0 Å². The lowest BCUT2D eigenvalue weighted by Gasteiger charge is -2.41. The number of carbonyl (C=O) groups is 2.